The molecular weight excluding hydrogens is 442 g/mol. The zero-order chi connectivity index (χ0) is 24.3. The average molecular weight is 478 g/mol. The van der Waals surface area contributed by atoms with Crippen molar-refractivity contribution in [3.63, 3.8) is 0 Å². The van der Waals surface area contributed by atoms with Crippen LogP contribution in [-0.2, 0) is 9.59 Å². The highest BCUT2D eigenvalue weighted by Gasteiger charge is 2.55. The van der Waals surface area contributed by atoms with E-state index in [-0.39, 0.29) is 28.9 Å². The molecule has 5 fully saturated rings. The highest BCUT2D eigenvalue weighted by molar-refractivity contribution is 6.11. The van der Waals surface area contributed by atoms with Crippen molar-refractivity contribution in [2.75, 3.05) is 31.5 Å². The van der Waals surface area contributed by atoms with Crippen LogP contribution in [0.2, 0.25) is 0 Å². The molecule has 7 rings (SSSR count). The van der Waals surface area contributed by atoms with Crippen LogP contribution in [0.1, 0.15) is 62.9 Å². The molecule has 7 heteroatoms. The number of hydrogen-bond acceptors (Lipinski definition) is 5. The molecule has 5 aliphatic rings. The molecule has 7 nitrogen and oxygen atoms in total. The Kier molecular flexibility index (Phi) is 5.51. The number of para-hydroxylation sites is 1. The maximum absolute atomic E-state index is 13.7. The standard InChI is InChI=1S/C28H35N3O4/c1-17(26(33)29-24-22-5-3-4-6-23(22)35-25(24)18(2)32)30-7-9-31(10-8-30)27(34)28-14-19-11-20(15-28)13-21(12-19)16-28/h3-6,17,19-21H,7-16H2,1-2H3,(H,29,33). The molecule has 1 aromatic heterocycles. The van der Waals surface area contributed by atoms with E-state index in [1.54, 1.807) is 6.07 Å². The lowest BCUT2D eigenvalue weighted by atomic mass is 9.49. The summed E-state index contributed by atoms with van der Waals surface area (Å²) >= 11 is 0. The van der Waals surface area contributed by atoms with Crippen molar-refractivity contribution in [1.82, 2.24) is 9.80 Å². The Hall–Kier alpha value is -2.67. The average Bonchev–Trinajstić information content (AvgIpc) is 3.21. The van der Waals surface area contributed by atoms with E-state index in [1.165, 1.54) is 26.2 Å². The number of Topliss-reactive ketones (excluding diaryl/α,β-unsaturated/α-hetero) is 1. The number of carbonyl (C=O) groups excluding carboxylic acids is 3. The van der Waals surface area contributed by atoms with Crippen LogP contribution in [0.15, 0.2) is 28.7 Å². The van der Waals surface area contributed by atoms with Gasteiger partial charge in [-0.25, -0.2) is 0 Å². The number of anilines is 1. The number of carbonyl (C=O) groups is 3. The third-order valence-corrected chi connectivity index (χ3v) is 9.18. The summed E-state index contributed by atoms with van der Waals surface area (Å²) in [5, 5.41) is 3.69. The quantitative estimate of drug-likeness (QED) is 0.649. The maximum atomic E-state index is 13.7. The zero-order valence-electron chi connectivity index (χ0n) is 20.7. The van der Waals surface area contributed by atoms with Gasteiger partial charge in [0, 0.05) is 38.5 Å². The van der Waals surface area contributed by atoms with E-state index in [2.05, 4.69) is 15.1 Å². The van der Waals surface area contributed by atoms with Gasteiger partial charge in [-0.2, -0.15) is 0 Å². The maximum Gasteiger partial charge on any atom is 0.241 e. The third-order valence-electron chi connectivity index (χ3n) is 9.18. The molecule has 1 aliphatic heterocycles. The predicted octanol–water partition coefficient (Wildman–Crippen LogP) is 4.32. The van der Waals surface area contributed by atoms with Gasteiger partial charge in [0.2, 0.25) is 11.8 Å². The number of amides is 2. The van der Waals surface area contributed by atoms with E-state index in [0.29, 0.717) is 43.4 Å². The Balaban J connectivity index is 1.10. The van der Waals surface area contributed by atoms with E-state index in [9.17, 15) is 14.4 Å². The highest BCUT2D eigenvalue weighted by Crippen LogP contribution is 2.60. The lowest BCUT2D eigenvalue weighted by Crippen LogP contribution is -2.59. The van der Waals surface area contributed by atoms with E-state index in [1.807, 2.05) is 25.1 Å². The van der Waals surface area contributed by atoms with Crippen LogP contribution in [0.4, 0.5) is 5.69 Å². The predicted molar refractivity (Wildman–Crippen MR) is 133 cm³/mol. The largest absolute Gasteiger partial charge is 0.451 e. The van der Waals surface area contributed by atoms with Crippen molar-refractivity contribution in [1.29, 1.82) is 0 Å². The Morgan fingerprint density at radius 2 is 1.57 bits per heavy atom. The summed E-state index contributed by atoms with van der Waals surface area (Å²) in [6, 6.07) is 6.97. The Bertz CT molecular complexity index is 1140. The Morgan fingerprint density at radius 3 is 2.17 bits per heavy atom. The van der Waals surface area contributed by atoms with E-state index in [4.69, 9.17) is 4.42 Å². The SMILES string of the molecule is CC(=O)c1oc2ccccc2c1NC(=O)C(C)N1CCN(C(=O)C23CC4CC(CC(C4)C2)C3)CC1. The minimum Gasteiger partial charge on any atom is -0.451 e. The second-order valence-corrected chi connectivity index (χ2v) is 11.5. The molecule has 0 spiro atoms. The van der Waals surface area contributed by atoms with Gasteiger partial charge in [0.15, 0.2) is 11.5 Å². The minimum atomic E-state index is -0.375. The first-order valence-corrected chi connectivity index (χ1v) is 13.2. The summed E-state index contributed by atoms with van der Waals surface area (Å²) in [6.07, 6.45) is 7.29. The molecule has 4 saturated carbocycles. The van der Waals surface area contributed by atoms with Crippen molar-refractivity contribution in [2.24, 2.45) is 23.2 Å². The minimum absolute atomic E-state index is 0.106. The number of benzene rings is 1. The third kappa shape index (κ3) is 3.88. The van der Waals surface area contributed by atoms with Crippen molar-refractivity contribution in [3.05, 3.63) is 30.0 Å². The molecule has 1 atom stereocenters. The number of piperazine rings is 1. The Morgan fingerprint density at radius 1 is 0.971 bits per heavy atom. The summed E-state index contributed by atoms with van der Waals surface area (Å²) in [5.41, 5.74) is 0.920. The molecular formula is C28H35N3O4. The van der Waals surface area contributed by atoms with Crippen molar-refractivity contribution < 1.29 is 18.8 Å². The molecule has 2 amide bonds. The molecule has 2 heterocycles. The first-order valence-electron chi connectivity index (χ1n) is 13.2. The van der Waals surface area contributed by atoms with Crippen LogP contribution in [0.3, 0.4) is 0 Å². The van der Waals surface area contributed by atoms with Crippen LogP contribution in [0, 0.1) is 23.2 Å². The van der Waals surface area contributed by atoms with Gasteiger partial charge in [0.05, 0.1) is 17.1 Å². The number of rotatable bonds is 5. The lowest BCUT2D eigenvalue weighted by Gasteiger charge is -2.57. The van der Waals surface area contributed by atoms with Gasteiger partial charge in [0.1, 0.15) is 5.58 Å². The van der Waals surface area contributed by atoms with Crippen molar-refractivity contribution in [3.8, 4) is 0 Å². The van der Waals surface area contributed by atoms with Gasteiger partial charge in [-0.1, -0.05) is 12.1 Å². The summed E-state index contributed by atoms with van der Waals surface area (Å²) in [7, 11) is 0. The first kappa shape index (κ1) is 22.8. The molecule has 0 radical (unpaired) electrons. The number of furan rings is 1. The molecule has 1 saturated heterocycles. The van der Waals surface area contributed by atoms with Gasteiger partial charge in [-0.3, -0.25) is 19.3 Å². The van der Waals surface area contributed by atoms with Crippen LogP contribution >= 0.6 is 0 Å². The fourth-order valence-corrected chi connectivity index (χ4v) is 7.83. The van der Waals surface area contributed by atoms with Crippen molar-refractivity contribution in [2.45, 2.75) is 58.4 Å². The van der Waals surface area contributed by atoms with E-state index < -0.39 is 0 Å². The second kappa shape index (κ2) is 8.47. The Labute approximate surface area is 206 Å². The zero-order valence-corrected chi connectivity index (χ0v) is 20.7. The molecule has 1 N–H and O–H groups in total. The van der Waals surface area contributed by atoms with Gasteiger partial charge < -0.3 is 14.6 Å². The number of ketones is 1. The molecule has 35 heavy (non-hydrogen) atoms. The smallest absolute Gasteiger partial charge is 0.241 e. The van der Waals surface area contributed by atoms with Crippen LogP contribution in [0.5, 0.6) is 0 Å². The van der Waals surface area contributed by atoms with Crippen molar-refractivity contribution >= 4 is 34.3 Å². The number of nitrogens with one attached hydrogen (secondary N) is 1. The van der Waals surface area contributed by atoms with Crippen LogP contribution in [-0.4, -0.2) is 59.6 Å². The van der Waals surface area contributed by atoms with Gasteiger partial charge >= 0.3 is 0 Å². The lowest BCUT2D eigenvalue weighted by molar-refractivity contribution is -0.159. The summed E-state index contributed by atoms with van der Waals surface area (Å²) in [4.78, 5) is 43.2. The highest BCUT2D eigenvalue weighted by atomic mass is 16.3. The summed E-state index contributed by atoms with van der Waals surface area (Å²) in [5.74, 6) is 2.44. The van der Waals surface area contributed by atoms with Gasteiger partial charge in [0.25, 0.3) is 0 Å². The van der Waals surface area contributed by atoms with Gasteiger partial charge in [-0.05, 0) is 75.3 Å². The number of nitrogens with zero attached hydrogens (tertiary/aromatic N) is 2. The van der Waals surface area contributed by atoms with Crippen LogP contribution in [0.25, 0.3) is 11.0 Å². The first-order chi connectivity index (χ1) is 16.8. The molecule has 2 aromatic rings. The van der Waals surface area contributed by atoms with E-state index in [0.717, 1.165) is 42.4 Å². The molecule has 186 valence electrons. The number of hydrogen-bond donors (Lipinski definition) is 1. The number of fused-ring (bicyclic) bond motifs is 1. The molecule has 4 bridgehead atoms. The molecule has 1 unspecified atom stereocenters. The van der Waals surface area contributed by atoms with Gasteiger partial charge in [-0.15, -0.1) is 0 Å². The normalized spacial score (nSPS) is 31.0. The van der Waals surface area contributed by atoms with E-state index >= 15 is 0 Å². The fourth-order valence-electron chi connectivity index (χ4n) is 7.83. The van der Waals surface area contributed by atoms with Crippen LogP contribution < -0.4 is 5.32 Å². The fraction of sp³-hybridized carbons (Fsp3) is 0.607. The summed E-state index contributed by atoms with van der Waals surface area (Å²) < 4.78 is 5.71. The topological polar surface area (TPSA) is 82.9 Å². The molecule has 4 aliphatic carbocycles. The molecule has 1 aromatic carbocycles. The monoisotopic (exact) mass is 477 g/mol. The summed E-state index contributed by atoms with van der Waals surface area (Å²) in [6.45, 7) is 6.03. The second-order valence-electron chi connectivity index (χ2n) is 11.5.